The second-order valence-electron chi connectivity index (χ2n) is 6.22. The lowest BCUT2D eigenvalue weighted by Gasteiger charge is -2.32. The summed E-state index contributed by atoms with van der Waals surface area (Å²) in [5.41, 5.74) is 1.14. The van der Waals surface area contributed by atoms with Crippen molar-refractivity contribution in [1.82, 2.24) is 20.0 Å². The second-order valence-corrected chi connectivity index (χ2v) is 7.39. The molecule has 3 rings (SSSR count). The maximum absolute atomic E-state index is 12.8. The lowest BCUT2D eigenvalue weighted by Crippen LogP contribution is -2.40. The first-order valence-corrected chi connectivity index (χ1v) is 8.98. The van der Waals surface area contributed by atoms with Crippen molar-refractivity contribution < 1.29 is 9.59 Å². The highest BCUT2D eigenvalue weighted by atomic mass is 32.1. The average molecular weight is 346 g/mol. The SMILES string of the molecule is CC(=O)NCc1ccc(C(=O)N2CCCC(n3cc(C)cn3)C2)s1. The molecule has 2 amide bonds. The van der Waals surface area contributed by atoms with Crippen molar-refractivity contribution in [2.24, 2.45) is 0 Å². The molecule has 3 heterocycles. The molecule has 1 saturated heterocycles. The molecule has 24 heavy (non-hydrogen) atoms. The Labute approximate surface area is 145 Å². The molecule has 0 saturated carbocycles. The number of piperidine rings is 1. The Hall–Kier alpha value is -2.15. The normalized spacial score (nSPS) is 17.8. The van der Waals surface area contributed by atoms with Crippen LogP contribution in [0.5, 0.6) is 0 Å². The van der Waals surface area contributed by atoms with Gasteiger partial charge in [-0.3, -0.25) is 14.3 Å². The highest BCUT2D eigenvalue weighted by Gasteiger charge is 2.26. The third kappa shape index (κ3) is 3.84. The van der Waals surface area contributed by atoms with E-state index in [1.165, 1.54) is 18.3 Å². The first-order valence-electron chi connectivity index (χ1n) is 8.16. The average Bonchev–Trinajstić information content (AvgIpc) is 3.21. The van der Waals surface area contributed by atoms with Gasteiger partial charge in [0.25, 0.3) is 5.91 Å². The van der Waals surface area contributed by atoms with Gasteiger partial charge in [-0.25, -0.2) is 0 Å². The number of hydrogen-bond acceptors (Lipinski definition) is 4. The van der Waals surface area contributed by atoms with Gasteiger partial charge < -0.3 is 10.2 Å². The molecule has 128 valence electrons. The molecule has 0 radical (unpaired) electrons. The second kappa shape index (κ2) is 7.17. The molecule has 1 atom stereocenters. The number of rotatable bonds is 4. The number of hydrogen-bond donors (Lipinski definition) is 1. The van der Waals surface area contributed by atoms with Crippen LogP contribution < -0.4 is 5.32 Å². The van der Waals surface area contributed by atoms with Crippen molar-refractivity contribution in [2.45, 2.75) is 39.3 Å². The zero-order chi connectivity index (χ0) is 17.1. The van der Waals surface area contributed by atoms with Crippen LogP contribution in [0.2, 0.25) is 0 Å². The summed E-state index contributed by atoms with van der Waals surface area (Å²) in [6.45, 7) is 5.47. The van der Waals surface area contributed by atoms with Gasteiger partial charge in [0.05, 0.1) is 23.7 Å². The number of thiophene rings is 1. The molecular formula is C17H22N4O2S. The molecule has 2 aromatic rings. The molecule has 0 spiro atoms. The molecule has 1 fully saturated rings. The van der Waals surface area contributed by atoms with Gasteiger partial charge in [-0.15, -0.1) is 11.3 Å². The summed E-state index contributed by atoms with van der Waals surface area (Å²) < 4.78 is 1.98. The number of amides is 2. The van der Waals surface area contributed by atoms with Gasteiger partial charge in [-0.2, -0.15) is 5.10 Å². The van der Waals surface area contributed by atoms with E-state index in [1.54, 1.807) is 0 Å². The zero-order valence-electron chi connectivity index (χ0n) is 14.0. The third-order valence-electron chi connectivity index (χ3n) is 4.17. The van der Waals surface area contributed by atoms with Crippen molar-refractivity contribution in [3.8, 4) is 0 Å². The predicted molar refractivity (Wildman–Crippen MR) is 93.0 cm³/mol. The Morgan fingerprint density at radius 1 is 1.42 bits per heavy atom. The van der Waals surface area contributed by atoms with E-state index in [9.17, 15) is 9.59 Å². The van der Waals surface area contributed by atoms with Crippen molar-refractivity contribution in [3.05, 3.63) is 39.8 Å². The Kier molecular flexibility index (Phi) is 4.99. The molecule has 1 N–H and O–H groups in total. The van der Waals surface area contributed by atoms with Crippen LogP contribution in [0.25, 0.3) is 0 Å². The molecule has 1 aliphatic rings. The van der Waals surface area contributed by atoms with Gasteiger partial charge in [-0.1, -0.05) is 0 Å². The van der Waals surface area contributed by atoms with Crippen LogP contribution in [0.1, 0.15) is 45.9 Å². The summed E-state index contributed by atoms with van der Waals surface area (Å²) >= 11 is 1.45. The van der Waals surface area contributed by atoms with Crippen LogP contribution >= 0.6 is 11.3 Å². The van der Waals surface area contributed by atoms with E-state index in [1.807, 2.05) is 41.0 Å². The minimum atomic E-state index is -0.0651. The summed E-state index contributed by atoms with van der Waals surface area (Å²) in [5, 5.41) is 7.15. The highest BCUT2D eigenvalue weighted by molar-refractivity contribution is 7.14. The number of nitrogens with zero attached hydrogens (tertiary/aromatic N) is 3. The van der Waals surface area contributed by atoms with Gasteiger partial charge in [-0.05, 0) is 37.5 Å². The molecule has 1 unspecified atom stereocenters. The van der Waals surface area contributed by atoms with Crippen molar-refractivity contribution in [1.29, 1.82) is 0 Å². The maximum Gasteiger partial charge on any atom is 0.264 e. The monoisotopic (exact) mass is 346 g/mol. The van der Waals surface area contributed by atoms with Crippen LogP contribution in [-0.2, 0) is 11.3 Å². The van der Waals surface area contributed by atoms with Crippen molar-refractivity contribution in [3.63, 3.8) is 0 Å². The summed E-state index contributed by atoms with van der Waals surface area (Å²) in [4.78, 5) is 27.4. The number of aromatic nitrogens is 2. The number of carbonyl (C=O) groups excluding carboxylic acids is 2. The quantitative estimate of drug-likeness (QED) is 0.924. The van der Waals surface area contributed by atoms with Crippen LogP contribution in [0.4, 0.5) is 0 Å². The van der Waals surface area contributed by atoms with Crippen LogP contribution in [0.3, 0.4) is 0 Å². The molecular weight excluding hydrogens is 324 g/mol. The summed E-state index contributed by atoms with van der Waals surface area (Å²) in [6, 6.07) is 4.01. The summed E-state index contributed by atoms with van der Waals surface area (Å²) in [7, 11) is 0. The van der Waals surface area contributed by atoms with Crippen LogP contribution in [-0.4, -0.2) is 39.6 Å². The molecule has 2 aromatic heterocycles. The molecule has 0 aliphatic carbocycles. The van der Waals surface area contributed by atoms with Gasteiger partial charge in [0.15, 0.2) is 0 Å². The molecule has 0 bridgehead atoms. The Balaban J connectivity index is 1.65. The fourth-order valence-electron chi connectivity index (χ4n) is 2.94. The molecule has 1 aliphatic heterocycles. The third-order valence-corrected chi connectivity index (χ3v) is 5.25. The Morgan fingerprint density at radius 2 is 2.25 bits per heavy atom. The molecule has 7 heteroatoms. The minimum absolute atomic E-state index is 0.0651. The first-order chi connectivity index (χ1) is 11.5. The number of carbonyl (C=O) groups is 2. The van der Waals surface area contributed by atoms with E-state index >= 15 is 0 Å². The van der Waals surface area contributed by atoms with Crippen LogP contribution in [0.15, 0.2) is 24.5 Å². The largest absolute Gasteiger partial charge is 0.351 e. The first kappa shape index (κ1) is 16.7. The van der Waals surface area contributed by atoms with Crippen molar-refractivity contribution in [2.75, 3.05) is 13.1 Å². The number of nitrogens with one attached hydrogen (secondary N) is 1. The smallest absolute Gasteiger partial charge is 0.264 e. The predicted octanol–water partition coefficient (Wildman–Crippen LogP) is 2.37. The van der Waals surface area contributed by atoms with Crippen molar-refractivity contribution >= 4 is 23.2 Å². The van der Waals surface area contributed by atoms with Gasteiger partial charge >= 0.3 is 0 Å². The highest BCUT2D eigenvalue weighted by Crippen LogP contribution is 2.25. The van der Waals surface area contributed by atoms with E-state index in [0.29, 0.717) is 13.1 Å². The van der Waals surface area contributed by atoms with E-state index in [0.717, 1.165) is 34.7 Å². The standard InChI is InChI=1S/C17H22N4O2S/c1-12-8-19-21(10-12)14-4-3-7-20(11-14)17(23)16-6-5-15(24-16)9-18-13(2)22/h5-6,8,10,14H,3-4,7,9,11H2,1-2H3,(H,18,22). The van der Waals surface area contributed by atoms with E-state index in [-0.39, 0.29) is 17.9 Å². The lowest BCUT2D eigenvalue weighted by atomic mass is 10.1. The van der Waals surface area contributed by atoms with Gasteiger partial charge in [0.1, 0.15) is 0 Å². The fraction of sp³-hybridized carbons (Fsp3) is 0.471. The summed E-state index contributed by atoms with van der Waals surface area (Å²) in [5.74, 6) is 0.00678. The zero-order valence-corrected chi connectivity index (χ0v) is 14.8. The molecule has 6 nitrogen and oxygen atoms in total. The van der Waals surface area contributed by atoms with E-state index in [4.69, 9.17) is 0 Å². The topological polar surface area (TPSA) is 67.2 Å². The maximum atomic E-state index is 12.8. The van der Waals surface area contributed by atoms with E-state index in [2.05, 4.69) is 10.4 Å². The Bertz CT molecular complexity index is 737. The summed E-state index contributed by atoms with van der Waals surface area (Å²) in [6.07, 6.45) is 5.92. The molecule has 0 aromatic carbocycles. The fourth-order valence-corrected chi connectivity index (χ4v) is 3.86. The number of aryl methyl sites for hydroxylation is 1. The van der Waals surface area contributed by atoms with Gasteiger partial charge in [0.2, 0.25) is 5.91 Å². The lowest BCUT2D eigenvalue weighted by molar-refractivity contribution is -0.119. The van der Waals surface area contributed by atoms with Crippen LogP contribution in [0, 0.1) is 6.92 Å². The minimum Gasteiger partial charge on any atom is -0.351 e. The van der Waals surface area contributed by atoms with E-state index < -0.39 is 0 Å². The number of likely N-dealkylation sites (tertiary alicyclic amines) is 1. The Morgan fingerprint density at radius 3 is 2.96 bits per heavy atom. The van der Waals surface area contributed by atoms with Gasteiger partial charge in [0, 0.05) is 31.1 Å².